The Morgan fingerprint density at radius 3 is 2.79 bits per heavy atom. The van der Waals surface area contributed by atoms with E-state index in [4.69, 9.17) is 16.3 Å². The van der Waals surface area contributed by atoms with Gasteiger partial charge in [0.1, 0.15) is 16.2 Å². The Morgan fingerprint density at radius 2 is 2.07 bits per heavy atom. The maximum Gasteiger partial charge on any atom is 0.255 e. The Hall–Kier alpha value is -2.62. The zero-order valence-corrected chi connectivity index (χ0v) is 16.4. The van der Waals surface area contributed by atoms with Crippen molar-refractivity contribution in [2.75, 3.05) is 12.4 Å². The smallest absolute Gasteiger partial charge is 0.255 e. The molecule has 1 fully saturated rings. The summed E-state index contributed by atoms with van der Waals surface area (Å²) in [6.07, 6.45) is 3.10. The summed E-state index contributed by atoms with van der Waals surface area (Å²) in [4.78, 5) is 19.8. The molecule has 1 aliphatic carbocycles. The van der Waals surface area contributed by atoms with Crippen LogP contribution in [-0.2, 0) is 10.0 Å². The normalized spacial score (nSPS) is 14.2. The van der Waals surface area contributed by atoms with Crippen molar-refractivity contribution in [3.8, 4) is 5.75 Å². The second kappa shape index (κ2) is 7.08. The summed E-state index contributed by atoms with van der Waals surface area (Å²) < 4.78 is 33.0. The minimum absolute atomic E-state index is 0.0633. The highest BCUT2D eigenvalue weighted by atomic mass is 35.5. The third-order valence-electron chi connectivity index (χ3n) is 4.35. The minimum atomic E-state index is -3.79. The lowest BCUT2D eigenvalue weighted by Crippen LogP contribution is -2.26. The maximum atomic E-state index is 12.8. The van der Waals surface area contributed by atoms with Crippen molar-refractivity contribution in [3.05, 3.63) is 47.2 Å². The number of sulfonamides is 1. The summed E-state index contributed by atoms with van der Waals surface area (Å²) in [6.45, 7) is 0. The number of rotatable bonds is 6. The zero-order chi connectivity index (χ0) is 19.9. The first-order chi connectivity index (χ1) is 13.4. The fourth-order valence-electron chi connectivity index (χ4n) is 2.82. The fraction of sp³-hybridized carbons (Fsp3) is 0.222. The number of benzene rings is 2. The van der Waals surface area contributed by atoms with Crippen LogP contribution in [0.25, 0.3) is 11.0 Å². The summed E-state index contributed by atoms with van der Waals surface area (Å²) in [6, 6.07) is 7.46. The van der Waals surface area contributed by atoms with Gasteiger partial charge in [-0.1, -0.05) is 11.6 Å². The van der Waals surface area contributed by atoms with E-state index in [1.807, 2.05) is 0 Å². The van der Waals surface area contributed by atoms with Crippen LogP contribution in [-0.4, -0.2) is 37.4 Å². The predicted molar refractivity (Wildman–Crippen MR) is 105 cm³/mol. The molecule has 0 aliphatic heterocycles. The van der Waals surface area contributed by atoms with Crippen LogP contribution in [0.5, 0.6) is 5.75 Å². The van der Waals surface area contributed by atoms with E-state index in [-0.39, 0.29) is 22.3 Å². The quantitative estimate of drug-likeness (QED) is 0.567. The number of fused-ring (bicyclic) bond motifs is 1. The van der Waals surface area contributed by atoms with Crippen molar-refractivity contribution in [2.45, 2.75) is 23.8 Å². The molecule has 0 radical (unpaired) electrons. The number of methoxy groups -OCH3 is 1. The topological polar surface area (TPSA) is 113 Å². The number of hydrogen-bond donors (Lipinski definition) is 3. The molecule has 1 amide bonds. The SMILES string of the molecule is COc1ccc(C(=O)Nc2cc(Cl)cc3[nH]cnc23)cc1S(=O)(=O)NC1CC1. The van der Waals surface area contributed by atoms with Crippen molar-refractivity contribution >= 4 is 44.3 Å². The van der Waals surface area contributed by atoms with Gasteiger partial charge in [0, 0.05) is 16.6 Å². The van der Waals surface area contributed by atoms with Crippen LogP contribution in [0.1, 0.15) is 23.2 Å². The Bertz CT molecular complexity index is 1170. The van der Waals surface area contributed by atoms with E-state index in [1.54, 1.807) is 12.1 Å². The van der Waals surface area contributed by atoms with Gasteiger partial charge in [0.05, 0.1) is 24.6 Å². The van der Waals surface area contributed by atoms with Crippen LogP contribution in [0.15, 0.2) is 41.6 Å². The number of amides is 1. The standard InChI is InChI=1S/C18H17ClN4O4S/c1-27-15-5-2-10(6-16(15)28(25,26)23-12-3-4-12)18(24)22-14-8-11(19)7-13-17(14)21-9-20-13/h2,5-9,12,23H,3-4H2,1H3,(H,20,21)(H,22,24). The predicted octanol–water partition coefficient (Wildman–Crippen LogP) is 2.92. The molecule has 1 aliphatic rings. The summed E-state index contributed by atoms with van der Waals surface area (Å²) in [5, 5.41) is 3.16. The van der Waals surface area contributed by atoms with E-state index < -0.39 is 15.9 Å². The van der Waals surface area contributed by atoms with Crippen molar-refractivity contribution in [2.24, 2.45) is 0 Å². The molecule has 10 heteroatoms. The second-order valence-electron chi connectivity index (χ2n) is 6.47. The highest BCUT2D eigenvalue weighted by Gasteiger charge is 2.30. The van der Waals surface area contributed by atoms with Gasteiger partial charge < -0.3 is 15.0 Å². The number of carbonyl (C=O) groups excluding carboxylic acids is 1. The molecular formula is C18H17ClN4O4S. The Labute approximate surface area is 166 Å². The summed E-state index contributed by atoms with van der Waals surface area (Å²) in [7, 11) is -2.41. The van der Waals surface area contributed by atoms with Gasteiger partial charge in [-0.3, -0.25) is 4.79 Å². The second-order valence-corrected chi connectivity index (χ2v) is 8.59. The molecule has 0 atom stereocenters. The van der Waals surface area contributed by atoms with Crippen LogP contribution in [0.2, 0.25) is 5.02 Å². The van der Waals surface area contributed by atoms with Crippen molar-refractivity contribution in [1.29, 1.82) is 0 Å². The van der Waals surface area contributed by atoms with Gasteiger partial charge in [-0.15, -0.1) is 0 Å². The van der Waals surface area contributed by atoms with Crippen molar-refractivity contribution in [3.63, 3.8) is 0 Å². The highest BCUT2D eigenvalue weighted by molar-refractivity contribution is 7.89. The van der Waals surface area contributed by atoms with Crippen molar-refractivity contribution < 1.29 is 17.9 Å². The van der Waals surface area contributed by atoms with Gasteiger partial charge in [-0.05, 0) is 43.2 Å². The number of carbonyl (C=O) groups is 1. The van der Waals surface area contributed by atoms with Gasteiger partial charge in [0.25, 0.3) is 5.91 Å². The number of imidazole rings is 1. The van der Waals surface area contributed by atoms with Crippen LogP contribution in [0.4, 0.5) is 5.69 Å². The van der Waals surface area contributed by atoms with Gasteiger partial charge in [-0.2, -0.15) is 0 Å². The number of nitrogens with one attached hydrogen (secondary N) is 3. The Kier molecular flexibility index (Phi) is 4.74. The van der Waals surface area contributed by atoms with Crippen LogP contribution >= 0.6 is 11.6 Å². The van der Waals surface area contributed by atoms with E-state index in [2.05, 4.69) is 20.0 Å². The molecule has 0 saturated heterocycles. The number of H-pyrrole nitrogens is 1. The molecule has 3 N–H and O–H groups in total. The number of nitrogens with zero attached hydrogens (tertiary/aromatic N) is 1. The minimum Gasteiger partial charge on any atom is -0.495 e. The third-order valence-corrected chi connectivity index (χ3v) is 6.11. The molecule has 0 spiro atoms. The molecule has 1 heterocycles. The van der Waals surface area contributed by atoms with Gasteiger partial charge in [-0.25, -0.2) is 18.1 Å². The number of hydrogen-bond acceptors (Lipinski definition) is 5. The lowest BCUT2D eigenvalue weighted by atomic mass is 10.2. The largest absolute Gasteiger partial charge is 0.495 e. The first-order valence-electron chi connectivity index (χ1n) is 8.52. The monoisotopic (exact) mass is 420 g/mol. The summed E-state index contributed by atoms with van der Waals surface area (Å²) in [5.74, 6) is -0.320. The molecule has 28 heavy (non-hydrogen) atoms. The molecule has 4 rings (SSSR count). The lowest BCUT2D eigenvalue weighted by molar-refractivity contribution is 0.102. The number of halogens is 1. The van der Waals surface area contributed by atoms with Crippen LogP contribution in [0.3, 0.4) is 0 Å². The van der Waals surface area contributed by atoms with E-state index in [0.717, 1.165) is 12.8 Å². The Morgan fingerprint density at radius 1 is 1.29 bits per heavy atom. The highest BCUT2D eigenvalue weighted by Crippen LogP contribution is 2.30. The summed E-state index contributed by atoms with van der Waals surface area (Å²) in [5.41, 5.74) is 1.81. The van der Waals surface area contributed by atoms with Gasteiger partial charge >= 0.3 is 0 Å². The molecule has 2 aromatic carbocycles. The lowest BCUT2D eigenvalue weighted by Gasteiger charge is -2.12. The first-order valence-corrected chi connectivity index (χ1v) is 10.4. The first kappa shape index (κ1) is 18.7. The van der Waals surface area contributed by atoms with Crippen LogP contribution < -0.4 is 14.8 Å². The van der Waals surface area contributed by atoms with Gasteiger partial charge in [0.15, 0.2) is 0 Å². The molecule has 146 valence electrons. The van der Waals surface area contributed by atoms with E-state index >= 15 is 0 Å². The number of aromatic amines is 1. The Balaban J connectivity index is 1.67. The maximum absolute atomic E-state index is 12.8. The molecule has 3 aromatic rings. The fourth-order valence-corrected chi connectivity index (χ4v) is 4.53. The molecular weight excluding hydrogens is 404 g/mol. The summed E-state index contributed by atoms with van der Waals surface area (Å²) >= 11 is 6.09. The molecule has 8 nitrogen and oxygen atoms in total. The molecule has 1 saturated carbocycles. The molecule has 0 unspecified atom stereocenters. The number of anilines is 1. The number of aromatic nitrogens is 2. The molecule has 1 aromatic heterocycles. The average Bonchev–Trinajstić information content (AvgIpc) is 3.33. The third kappa shape index (κ3) is 3.68. The number of ether oxygens (including phenoxy) is 1. The zero-order valence-electron chi connectivity index (χ0n) is 14.8. The van der Waals surface area contributed by atoms with E-state index in [0.29, 0.717) is 21.7 Å². The van der Waals surface area contributed by atoms with E-state index in [1.165, 1.54) is 31.6 Å². The van der Waals surface area contributed by atoms with Gasteiger partial charge in [0.2, 0.25) is 10.0 Å². The molecule has 0 bridgehead atoms. The average molecular weight is 421 g/mol. The van der Waals surface area contributed by atoms with Crippen molar-refractivity contribution in [1.82, 2.24) is 14.7 Å². The van der Waals surface area contributed by atoms with E-state index in [9.17, 15) is 13.2 Å². The van der Waals surface area contributed by atoms with Crippen LogP contribution in [0, 0.1) is 0 Å².